The van der Waals surface area contributed by atoms with Gasteiger partial charge in [0.05, 0.1) is 0 Å². The molecule has 0 aliphatic carbocycles. The Kier molecular flexibility index (Phi) is 6.77. The summed E-state index contributed by atoms with van der Waals surface area (Å²) in [5.41, 5.74) is 0.790. The number of aromatic nitrogens is 1. The van der Waals surface area contributed by atoms with Crippen LogP contribution in [-0.2, 0) is 4.79 Å². The van der Waals surface area contributed by atoms with Gasteiger partial charge in [-0.3, -0.25) is 4.79 Å². The lowest BCUT2D eigenvalue weighted by Crippen LogP contribution is -1.98. The van der Waals surface area contributed by atoms with E-state index in [0.29, 0.717) is 6.41 Å². The molecule has 1 aromatic heterocycles. The van der Waals surface area contributed by atoms with Gasteiger partial charge in [0.25, 0.3) is 0 Å². The van der Waals surface area contributed by atoms with Crippen molar-refractivity contribution in [1.82, 2.24) is 10.3 Å². The van der Waals surface area contributed by atoms with E-state index < -0.39 is 0 Å². The van der Waals surface area contributed by atoms with Crippen LogP contribution in [0.25, 0.3) is 12.2 Å². The van der Waals surface area contributed by atoms with Crippen molar-refractivity contribution >= 4 is 18.6 Å². The van der Waals surface area contributed by atoms with Gasteiger partial charge < -0.3 is 9.73 Å². The highest BCUT2D eigenvalue weighted by Gasteiger charge is 1.97. The first-order valence-electron chi connectivity index (χ1n) is 4.09. The summed E-state index contributed by atoms with van der Waals surface area (Å²) < 4.78 is 5.03. The molecule has 1 heterocycles. The summed E-state index contributed by atoms with van der Waals surface area (Å²) >= 11 is 0. The van der Waals surface area contributed by atoms with Crippen LogP contribution in [0.3, 0.4) is 0 Å². The number of amides is 1. The highest BCUT2D eigenvalue weighted by atomic mass is 16.3. The van der Waals surface area contributed by atoms with Crippen molar-refractivity contribution in [3.63, 3.8) is 0 Å². The maximum Gasteiger partial charge on any atom is 0.206 e. The third kappa shape index (κ3) is 4.25. The van der Waals surface area contributed by atoms with Crippen molar-refractivity contribution in [1.29, 1.82) is 0 Å². The van der Waals surface area contributed by atoms with Crippen LogP contribution in [0, 0.1) is 0 Å². The summed E-state index contributed by atoms with van der Waals surface area (Å²) in [6, 6.07) is 0. The predicted octanol–water partition coefficient (Wildman–Crippen LogP) is 1.71. The number of rotatable bonds is 3. The van der Waals surface area contributed by atoms with E-state index in [9.17, 15) is 0 Å². The van der Waals surface area contributed by atoms with Gasteiger partial charge in [-0.15, -0.1) is 0 Å². The molecule has 1 aromatic rings. The Hall–Kier alpha value is -1.84. The van der Waals surface area contributed by atoms with E-state index in [2.05, 4.69) is 16.9 Å². The summed E-state index contributed by atoms with van der Waals surface area (Å²) in [4.78, 5) is 13.0. The number of allylic oxidation sites excluding steroid dienone is 1. The molecule has 4 nitrogen and oxygen atoms in total. The molecule has 0 radical (unpaired) electrons. The van der Waals surface area contributed by atoms with E-state index in [1.807, 2.05) is 19.1 Å². The molecule has 0 aliphatic heterocycles. The molecule has 76 valence electrons. The fraction of sp³-hybridized carbons (Fsp3) is 0.200. The number of carbonyl (C=O) groups is 1. The molecule has 4 heteroatoms. The molecule has 0 spiro atoms. The number of hydrogen-bond acceptors (Lipinski definition) is 3. The Morgan fingerprint density at radius 3 is 2.71 bits per heavy atom. The quantitative estimate of drug-likeness (QED) is 0.745. The largest absolute Gasteiger partial charge is 0.443 e. The van der Waals surface area contributed by atoms with Gasteiger partial charge in [0.15, 0.2) is 12.2 Å². The lowest BCUT2D eigenvalue weighted by Gasteiger charge is -1.83. The van der Waals surface area contributed by atoms with Gasteiger partial charge in [-0.2, -0.15) is 0 Å². The predicted molar refractivity (Wildman–Crippen MR) is 56.4 cm³/mol. The second-order valence-corrected chi connectivity index (χ2v) is 2.21. The normalized spacial score (nSPS) is 9.00. The second-order valence-electron chi connectivity index (χ2n) is 2.21. The van der Waals surface area contributed by atoms with E-state index >= 15 is 0 Å². The average molecular weight is 194 g/mol. The Balaban J connectivity index is 0.000000364. The van der Waals surface area contributed by atoms with E-state index in [1.54, 1.807) is 13.1 Å². The highest BCUT2D eigenvalue weighted by Crippen LogP contribution is 2.09. The molecule has 0 bridgehead atoms. The zero-order chi connectivity index (χ0) is 10.8. The van der Waals surface area contributed by atoms with Gasteiger partial charge in [-0.25, -0.2) is 4.98 Å². The van der Waals surface area contributed by atoms with E-state index in [0.717, 1.165) is 11.5 Å². The first-order valence-corrected chi connectivity index (χ1v) is 4.09. The molecule has 0 unspecified atom stereocenters. The molecule has 0 atom stereocenters. The maximum absolute atomic E-state index is 9.06. The monoisotopic (exact) mass is 194 g/mol. The van der Waals surface area contributed by atoms with Crippen LogP contribution in [-0.4, -0.2) is 18.4 Å². The van der Waals surface area contributed by atoms with Crippen molar-refractivity contribution < 1.29 is 9.21 Å². The maximum atomic E-state index is 9.06. The molecule has 0 aliphatic rings. The summed E-state index contributed by atoms with van der Waals surface area (Å²) in [7, 11) is 1.56. The summed E-state index contributed by atoms with van der Waals surface area (Å²) in [5.74, 6) is 0.762. The van der Waals surface area contributed by atoms with Crippen molar-refractivity contribution in [3.05, 3.63) is 30.5 Å². The fourth-order valence-electron chi connectivity index (χ4n) is 0.693. The molecular formula is C10H14N2O2. The zero-order valence-corrected chi connectivity index (χ0v) is 8.36. The summed E-state index contributed by atoms with van der Waals surface area (Å²) in [5, 5.41) is 2.25. The van der Waals surface area contributed by atoms with Gasteiger partial charge in [0.1, 0.15) is 5.69 Å². The van der Waals surface area contributed by atoms with Gasteiger partial charge >= 0.3 is 0 Å². The minimum atomic E-state index is 0.625. The highest BCUT2D eigenvalue weighted by molar-refractivity contribution is 5.56. The van der Waals surface area contributed by atoms with Crippen LogP contribution in [0.5, 0.6) is 0 Å². The second kappa shape index (κ2) is 7.79. The third-order valence-corrected chi connectivity index (χ3v) is 1.25. The summed E-state index contributed by atoms with van der Waals surface area (Å²) in [6.45, 7) is 5.52. The van der Waals surface area contributed by atoms with Crippen LogP contribution in [0.1, 0.15) is 18.4 Å². The van der Waals surface area contributed by atoms with Crippen LogP contribution >= 0.6 is 0 Å². The Morgan fingerprint density at radius 1 is 1.64 bits per heavy atom. The third-order valence-electron chi connectivity index (χ3n) is 1.25. The number of oxazole rings is 1. The van der Waals surface area contributed by atoms with E-state index in [4.69, 9.17) is 9.21 Å². The summed E-state index contributed by atoms with van der Waals surface area (Å²) in [6.07, 6.45) is 7.45. The number of carbonyl (C=O) groups excluding carboxylic acids is 1. The zero-order valence-electron chi connectivity index (χ0n) is 8.36. The SMILES string of the molecule is C=Cc1ncoc1/C=C\C.CNC=O. The minimum absolute atomic E-state index is 0.625. The Morgan fingerprint density at radius 2 is 2.29 bits per heavy atom. The number of hydrogen-bond donors (Lipinski definition) is 1. The van der Waals surface area contributed by atoms with Gasteiger partial charge in [0.2, 0.25) is 6.41 Å². The number of nitrogens with one attached hydrogen (secondary N) is 1. The van der Waals surface area contributed by atoms with Gasteiger partial charge in [0, 0.05) is 7.05 Å². The Labute approximate surface area is 83.3 Å². The topological polar surface area (TPSA) is 55.1 Å². The molecule has 0 saturated carbocycles. The number of nitrogens with zero attached hydrogens (tertiary/aromatic N) is 1. The van der Waals surface area contributed by atoms with Gasteiger partial charge in [-0.05, 0) is 19.1 Å². The first-order chi connectivity index (χ1) is 6.79. The van der Waals surface area contributed by atoms with Crippen LogP contribution in [0.2, 0.25) is 0 Å². The molecule has 0 fully saturated rings. The van der Waals surface area contributed by atoms with Crippen molar-refractivity contribution in [2.75, 3.05) is 7.05 Å². The molecule has 0 aromatic carbocycles. The minimum Gasteiger partial charge on any atom is -0.443 e. The van der Waals surface area contributed by atoms with E-state index in [1.165, 1.54) is 6.39 Å². The lowest BCUT2D eigenvalue weighted by molar-refractivity contribution is -0.109. The van der Waals surface area contributed by atoms with Gasteiger partial charge in [-0.1, -0.05) is 12.7 Å². The molecular weight excluding hydrogens is 180 g/mol. The van der Waals surface area contributed by atoms with E-state index in [-0.39, 0.29) is 0 Å². The Bertz CT molecular complexity index is 303. The van der Waals surface area contributed by atoms with Crippen LogP contribution in [0.4, 0.5) is 0 Å². The molecule has 1 rings (SSSR count). The van der Waals surface area contributed by atoms with Crippen molar-refractivity contribution in [2.45, 2.75) is 6.92 Å². The van der Waals surface area contributed by atoms with Crippen molar-refractivity contribution in [3.8, 4) is 0 Å². The van der Waals surface area contributed by atoms with Crippen molar-refractivity contribution in [2.24, 2.45) is 0 Å². The lowest BCUT2D eigenvalue weighted by atomic mass is 10.3. The standard InChI is InChI=1S/C8H9NO.C2H5NO/c1-3-5-8-7(4-2)9-6-10-8;1-3-2-4/h3-6H,2H2,1H3;2H,1H3,(H,3,4)/b5-3-;. The molecule has 1 amide bonds. The molecule has 0 saturated heterocycles. The first kappa shape index (κ1) is 12.2. The fourth-order valence-corrected chi connectivity index (χ4v) is 0.693. The average Bonchev–Trinajstić information content (AvgIpc) is 2.66. The molecule has 1 N–H and O–H groups in total. The van der Waals surface area contributed by atoms with Crippen LogP contribution in [0.15, 0.2) is 23.5 Å². The molecule has 14 heavy (non-hydrogen) atoms. The van der Waals surface area contributed by atoms with Crippen LogP contribution < -0.4 is 5.32 Å². The smallest absolute Gasteiger partial charge is 0.206 e.